The summed E-state index contributed by atoms with van der Waals surface area (Å²) >= 11 is 0. The fraction of sp³-hybridized carbons (Fsp3) is 0.360. The SMILES string of the molecule is C=C(c1ccc(NS(=O)(=O)c2cccc3nccnc23)cc1)N1CCC(O)(CCC(C)(F)F)CC1. The lowest BCUT2D eigenvalue weighted by Gasteiger charge is -2.40. The summed E-state index contributed by atoms with van der Waals surface area (Å²) in [7, 11) is -3.89. The van der Waals surface area contributed by atoms with Crippen molar-refractivity contribution in [2.24, 2.45) is 0 Å². The topological polar surface area (TPSA) is 95.4 Å². The van der Waals surface area contributed by atoms with Crippen molar-refractivity contribution in [2.75, 3.05) is 17.8 Å². The van der Waals surface area contributed by atoms with Crippen molar-refractivity contribution in [3.05, 3.63) is 67.0 Å². The van der Waals surface area contributed by atoms with Gasteiger partial charge in [0.1, 0.15) is 10.4 Å². The Morgan fingerprint density at radius 2 is 1.80 bits per heavy atom. The van der Waals surface area contributed by atoms with Crippen LogP contribution in [0.25, 0.3) is 16.7 Å². The molecule has 2 N–H and O–H groups in total. The van der Waals surface area contributed by atoms with Gasteiger partial charge in [-0.15, -0.1) is 0 Å². The number of aliphatic hydroxyl groups is 1. The molecular weight excluding hydrogens is 474 g/mol. The fourth-order valence-electron chi connectivity index (χ4n) is 4.20. The third-order valence-corrected chi connectivity index (χ3v) is 7.74. The maximum atomic E-state index is 13.2. The van der Waals surface area contributed by atoms with Crippen LogP contribution < -0.4 is 4.72 Å². The molecule has 2 aromatic carbocycles. The Morgan fingerprint density at radius 3 is 2.46 bits per heavy atom. The van der Waals surface area contributed by atoms with E-state index in [4.69, 9.17) is 0 Å². The minimum atomic E-state index is -3.89. The Kier molecular flexibility index (Phi) is 6.79. The molecule has 1 aliphatic heterocycles. The number of nitrogens with one attached hydrogen (secondary N) is 1. The Balaban J connectivity index is 1.41. The molecule has 4 rings (SSSR count). The number of alkyl halides is 2. The highest BCUT2D eigenvalue weighted by Gasteiger charge is 2.35. The number of piperidine rings is 1. The quantitative estimate of drug-likeness (QED) is 0.465. The largest absolute Gasteiger partial charge is 0.390 e. The van der Waals surface area contributed by atoms with Crippen LogP contribution in [0.1, 0.15) is 38.2 Å². The van der Waals surface area contributed by atoms with Crippen LogP contribution in [-0.2, 0) is 10.0 Å². The maximum absolute atomic E-state index is 13.2. The molecule has 0 aliphatic carbocycles. The molecule has 1 fully saturated rings. The van der Waals surface area contributed by atoms with Crippen LogP contribution in [0.3, 0.4) is 0 Å². The second-order valence-corrected chi connectivity index (χ2v) is 10.7. The second-order valence-electron chi connectivity index (χ2n) is 9.09. The summed E-state index contributed by atoms with van der Waals surface area (Å²) in [6, 6.07) is 11.6. The van der Waals surface area contributed by atoms with Gasteiger partial charge in [0.25, 0.3) is 10.0 Å². The van der Waals surface area contributed by atoms with Gasteiger partial charge < -0.3 is 10.0 Å². The average molecular weight is 503 g/mol. The van der Waals surface area contributed by atoms with Crippen LogP contribution in [0.5, 0.6) is 0 Å². The van der Waals surface area contributed by atoms with Gasteiger partial charge in [0.05, 0.1) is 11.1 Å². The molecule has 3 aromatic rings. The van der Waals surface area contributed by atoms with Crippen molar-refractivity contribution in [2.45, 2.75) is 49.0 Å². The zero-order valence-corrected chi connectivity index (χ0v) is 20.2. The standard InChI is InChI=1S/C25H28F2N4O3S/c1-18(31-16-12-25(32,13-17-31)11-10-24(2,26)27)19-6-8-20(9-7-19)30-35(33,34)22-5-3-4-21-23(22)29-15-14-28-21/h3-9,14-15,30,32H,1,10-13,16-17H2,2H3. The van der Waals surface area contributed by atoms with Gasteiger partial charge in [-0.2, -0.15) is 0 Å². The summed E-state index contributed by atoms with van der Waals surface area (Å²) in [5.74, 6) is -2.79. The number of para-hydroxylation sites is 1. The fourth-order valence-corrected chi connectivity index (χ4v) is 5.43. The van der Waals surface area contributed by atoms with E-state index in [1.807, 2.05) is 4.90 Å². The molecule has 0 bridgehead atoms. The van der Waals surface area contributed by atoms with Crippen LogP contribution in [0.2, 0.25) is 0 Å². The number of nitrogens with zero attached hydrogens (tertiary/aromatic N) is 3. The molecule has 0 amide bonds. The van der Waals surface area contributed by atoms with E-state index in [0.29, 0.717) is 42.7 Å². The Bertz CT molecular complexity index is 1310. The zero-order chi connectivity index (χ0) is 25.3. The number of fused-ring (bicyclic) bond motifs is 1. The van der Waals surface area contributed by atoms with E-state index in [2.05, 4.69) is 21.3 Å². The molecule has 7 nitrogen and oxygen atoms in total. The number of benzene rings is 2. The number of likely N-dealkylation sites (tertiary alicyclic amines) is 1. The first-order chi connectivity index (χ1) is 16.5. The third-order valence-electron chi connectivity index (χ3n) is 6.33. The number of anilines is 1. The van der Waals surface area contributed by atoms with Crippen molar-refractivity contribution in [1.29, 1.82) is 0 Å². The summed E-state index contributed by atoms with van der Waals surface area (Å²) in [6.07, 6.45) is 3.44. The molecule has 35 heavy (non-hydrogen) atoms. The highest BCUT2D eigenvalue weighted by atomic mass is 32.2. The van der Waals surface area contributed by atoms with E-state index in [-0.39, 0.29) is 17.7 Å². The van der Waals surface area contributed by atoms with Crippen LogP contribution in [0.15, 0.2) is 66.3 Å². The highest BCUT2D eigenvalue weighted by molar-refractivity contribution is 7.93. The zero-order valence-electron chi connectivity index (χ0n) is 19.4. The number of hydrogen-bond acceptors (Lipinski definition) is 6. The van der Waals surface area contributed by atoms with Crippen LogP contribution in [0, 0.1) is 0 Å². The lowest BCUT2D eigenvalue weighted by Crippen LogP contribution is -2.44. The van der Waals surface area contributed by atoms with E-state index >= 15 is 0 Å². The monoisotopic (exact) mass is 502 g/mol. The summed E-state index contributed by atoms with van der Waals surface area (Å²) in [4.78, 5) is 10.4. The van der Waals surface area contributed by atoms with Crippen molar-refractivity contribution in [3.63, 3.8) is 0 Å². The smallest absolute Gasteiger partial charge is 0.264 e. The van der Waals surface area contributed by atoms with Crippen molar-refractivity contribution in [1.82, 2.24) is 14.9 Å². The Hall–Kier alpha value is -3.11. The average Bonchev–Trinajstić information content (AvgIpc) is 2.82. The molecule has 2 heterocycles. The maximum Gasteiger partial charge on any atom is 0.264 e. The minimum absolute atomic E-state index is 0.0400. The Morgan fingerprint density at radius 1 is 1.14 bits per heavy atom. The molecule has 0 saturated carbocycles. The normalized spacial score (nSPS) is 16.3. The van der Waals surface area contributed by atoms with Gasteiger partial charge in [0, 0.05) is 43.3 Å². The minimum Gasteiger partial charge on any atom is -0.390 e. The van der Waals surface area contributed by atoms with Gasteiger partial charge in [-0.25, -0.2) is 17.2 Å². The molecule has 0 spiro atoms. The number of aromatic nitrogens is 2. The predicted octanol–water partition coefficient (Wildman–Crippen LogP) is 4.66. The molecule has 1 saturated heterocycles. The van der Waals surface area contributed by atoms with Gasteiger partial charge >= 0.3 is 0 Å². The van der Waals surface area contributed by atoms with Gasteiger partial charge in [-0.1, -0.05) is 24.8 Å². The second kappa shape index (κ2) is 9.50. The van der Waals surface area contributed by atoms with Crippen LogP contribution in [0.4, 0.5) is 14.5 Å². The lowest BCUT2D eigenvalue weighted by atomic mass is 9.85. The van der Waals surface area contributed by atoms with Crippen LogP contribution in [-0.4, -0.2) is 53.0 Å². The molecular formula is C25H28F2N4O3S. The van der Waals surface area contributed by atoms with Gasteiger partial charge in [0.15, 0.2) is 0 Å². The number of hydrogen-bond donors (Lipinski definition) is 2. The molecule has 1 aromatic heterocycles. The van der Waals surface area contributed by atoms with E-state index in [9.17, 15) is 22.3 Å². The molecule has 1 aliphatic rings. The molecule has 0 unspecified atom stereocenters. The van der Waals surface area contributed by atoms with Crippen LogP contribution >= 0.6 is 0 Å². The van der Waals surface area contributed by atoms with Crippen molar-refractivity contribution in [3.8, 4) is 0 Å². The molecule has 10 heteroatoms. The first-order valence-electron chi connectivity index (χ1n) is 11.3. The van der Waals surface area contributed by atoms with E-state index < -0.39 is 21.5 Å². The number of halogens is 2. The summed E-state index contributed by atoms with van der Waals surface area (Å²) in [6.45, 7) is 6.01. The van der Waals surface area contributed by atoms with Gasteiger partial charge in [-0.05, 0) is 56.0 Å². The molecule has 186 valence electrons. The predicted molar refractivity (Wildman–Crippen MR) is 131 cm³/mol. The summed E-state index contributed by atoms with van der Waals surface area (Å²) < 4.78 is 54.9. The lowest BCUT2D eigenvalue weighted by molar-refractivity contribution is -0.0545. The van der Waals surface area contributed by atoms with E-state index in [1.165, 1.54) is 18.5 Å². The van der Waals surface area contributed by atoms with Crippen molar-refractivity contribution < 1.29 is 22.3 Å². The third kappa shape index (κ3) is 5.94. The van der Waals surface area contributed by atoms with Gasteiger partial charge in [0.2, 0.25) is 5.92 Å². The number of rotatable bonds is 8. The first kappa shape index (κ1) is 25.0. The van der Waals surface area contributed by atoms with Gasteiger partial charge in [-0.3, -0.25) is 14.7 Å². The highest BCUT2D eigenvalue weighted by Crippen LogP contribution is 2.34. The van der Waals surface area contributed by atoms with Crippen molar-refractivity contribution >= 4 is 32.4 Å². The summed E-state index contributed by atoms with van der Waals surface area (Å²) in [5, 5.41) is 10.6. The Labute approximate surface area is 203 Å². The number of sulfonamides is 1. The summed E-state index contributed by atoms with van der Waals surface area (Å²) in [5.41, 5.74) is 1.60. The molecule has 0 atom stereocenters. The van der Waals surface area contributed by atoms with E-state index in [1.54, 1.807) is 36.4 Å². The van der Waals surface area contributed by atoms with E-state index in [0.717, 1.165) is 18.2 Å². The molecule has 0 radical (unpaired) electrons. The first-order valence-corrected chi connectivity index (χ1v) is 12.8.